The molecule has 2 nitrogen and oxygen atoms in total. The average molecular weight is 283 g/mol. The minimum Gasteiger partial charge on any atom is -0.375 e. The molecule has 0 bridgehead atoms. The molecule has 1 rings (SSSR count). The Morgan fingerprint density at radius 1 is 1.58 bits per heavy atom. The maximum atomic E-state index is 5.67. The molecule has 0 N–H and O–H groups in total. The highest BCUT2D eigenvalue weighted by Crippen LogP contribution is 2.12. The van der Waals surface area contributed by atoms with Gasteiger partial charge in [-0.2, -0.15) is 0 Å². The molecule has 12 heavy (non-hydrogen) atoms. The van der Waals surface area contributed by atoms with E-state index in [1.807, 2.05) is 0 Å². The molecule has 0 radical (unpaired) electrons. The van der Waals surface area contributed by atoms with Gasteiger partial charge >= 0.3 is 0 Å². The van der Waals surface area contributed by atoms with Gasteiger partial charge in [0.2, 0.25) is 0 Å². The van der Waals surface area contributed by atoms with Crippen LogP contribution in [-0.2, 0) is 4.74 Å². The first-order valence-electron chi connectivity index (χ1n) is 4.64. The second kappa shape index (κ2) is 5.40. The molecule has 1 aliphatic heterocycles. The molecule has 72 valence electrons. The van der Waals surface area contributed by atoms with Gasteiger partial charge in [0.05, 0.1) is 12.7 Å². The summed E-state index contributed by atoms with van der Waals surface area (Å²) in [5.41, 5.74) is 0. The fraction of sp³-hybridized carbons (Fsp3) is 1.00. The van der Waals surface area contributed by atoms with E-state index < -0.39 is 0 Å². The first-order chi connectivity index (χ1) is 5.74. The molecule has 0 amide bonds. The zero-order chi connectivity index (χ0) is 8.97. The molecule has 0 spiro atoms. The van der Waals surface area contributed by atoms with Crippen LogP contribution < -0.4 is 0 Å². The second-order valence-corrected chi connectivity index (χ2v) is 4.72. The van der Waals surface area contributed by atoms with Gasteiger partial charge in [-0.05, 0) is 5.92 Å². The topological polar surface area (TPSA) is 12.5 Å². The Labute approximate surface area is 88.8 Å². The number of hydrogen-bond acceptors (Lipinski definition) is 2. The molecular weight excluding hydrogens is 265 g/mol. The highest BCUT2D eigenvalue weighted by atomic mass is 127. The molecule has 1 heterocycles. The first kappa shape index (κ1) is 10.7. The van der Waals surface area contributed by atoms with Crippen molar-refractivity contribution in [3.63, 3.8) is 0 Å². The van der Waals surface area contributed by atoms with Crippen LogP contribution in [0.4, 0.5) is 0 Å². The fourth-order valence-electron chi connectivity index (χ4n) is 1.46. The SMILES string of the molecule is CC(C)C1CN(CCI)CCO1. The monoisotopic (exact) mass is 283 g/mol. The number of nitrogens with zero attached hydrogens (tertiary/aromatic N) is 1. The Hall–Kier alpha value is 0.650. The Balaban J connectivity index is 2.30. The molecule has 1 fully saturated rings. The van der Waals surface area contributed by atoms with E-state index in [0.29, 0.717) is 12.0 Å². The number of rotatable bonds is 3. The summed E-state index contributed by atoms with van der Waals surface area (Å²) in [5.74, 6) is 0.655. The maximum absolute atomic E-state index is 5.67. The predicted molar refractivity (Wildman–Crippen MR) is 59.9 cm³/mol. The van der Waals surface area contributed by atoms with Crippen LogP contribution in [0.3, 0.4) is 0 Å². The van der Waals surface area contributed by atoms with Crippen molar-refractivity contribution in [3.8, 4) is 0 Å². The van der Waals surface area contributed by atoms with Gasteiger partial charge in [-0.25, -0.2) is 0 Å². The van der Waals surface area contributed by atoms with Crippen molar-refractivity contribution < 1.29 is 4.74 Å². The van der Waals surface area contributed by atoms with E-state index >= 15 is 0 Å². The first-order valence-corrected chi connectivity index (χ1v) is 6.16. The Bertz CT molecular complexity index is 128. The predicted octanol–water partition coefficient (Wildman–Crippen LogP) is 1.78. The van der Waals surface area contributed by atoms with Gasteiger partial charge < -0.3 is 4.74 Å². The average Bonchev–Trinajstić information content (AvgIpc) is 2.05. The highest BCUT2D eigenvalue weighted by molar-refractivity contribution is 14.1. The minimum absolute atomic E-state index is 0.460. The third kappa shape index (κ3) is 3.18. The third-order valence-electron chi connectivity index (χ3n) is 2.32. The van der Waals surface area contributed by atoms with Crippen LogP contribution in [0, 0.1) is 5.92 Å². The lowest BCUT2D eigenvalue weighted by Gasteiger charge is -2.34. The summed E-state index contributed by atoms with van der Waals surface area (Å²) in [4.78, 5) is 2.50. The van der Waals surface area contributed by atoms with Crippen LogP contribution in [0.1, 0.15) is 13.8 Å². The number of hydrogen-bond donors (Lipinski definition) is 0. The molecule has 0 aliphatic carbocycles. The summed E-state index contributed by atoms with van der Waals surface area (Å²) in [6.45, 7) is 8.84. The summed E-state index contributed by atoms with van der Waals surface area (Å²) < 4.78 is 6.90. The number of halogens is 1. The molecular formula is C9H18INO. The van der Waals surface area contributed by atoms with Gasteiger partial charge in [-0.15, -0.1) is 0 Å². The van der Waals surface area contributed by atoms with Crippen molar-refractivity contribution in [1.29, 1.82) is 0 Å². The molecule has 0 aromatic rings. The number of alkyl halides is 1. The third-order valence-corrected chi connectivity index (χ3v) is 2.80. The summed E-state index contributed by atoms with van der Waals surface area (Å²) in [6, 6.07) is 0. The lowest BCUT2D eigenvalue weighted by molar-refractivity contribution is -0.0482. The van der Waals surface area contributed by atoms with Crippen LogP contribution in [0.2, 0.25) is 0 Å². The maximum Gasteiger partial charge on any atom is 0.0725 e. The van der Waals surface area contributed by atoms with Crippen LogP contribution in [-0.4, -0.2) is 41.7 Å². The van der Waals surface area contributed by atoms with Crippen LogP contribution in [0.15, 0.2) is 0 Å². The Morgan fingerprint density at radius 2 is 2.33 bits per heavy atom. The molecule has 0 aromatic heterocycles. The lowest BCUT2D eigenvalue weighted by Crippen LogP contribution is -2.45. The van der Waals surface area contributed by atoms with Gasteiger partial charge in [0.1, 0.15) is 0 Å². The summed E-state index contributed by atoms with van der Waals surface area (Å²) in [5, 5.41) is 0. The van der Waals surface area contributed by atoms with E-state index in [0.717, 1.165) is 19.7 Å². The fourth-order valence-corrected chi connectivity index (χ4v) is 2.14. The summed E-state index contributed by atoms with van der Waals surface area (Å²) >= 11 is 2.43. The summed E-state index contributed by atoms with van der Waals surface area (Å²) in [7, 11) is 0. The van der Waals surface area contributed by atoms with Gasteiger partial charge in [0.25, 0.3) is 0 Å². The zero-order valence-corrected chi connectivity index (χ0v) is 10.1. The molecule has 3 heteroatoms. The van der Waals surface area contributed by atoms with Crippen molar-refractivity contribution in [1.82, 2.24) is 4.90 Å². The molecule has 1 atom stereocenters. The molecule has 1 aliphatic rings. The van der Waals surface area contributed by atoms with E-state index in [-0.39, 0.29) is 0 Å². The van der Waals surface area contributed by atoms with Gasteiger partial charge in [-0.3, -0.25) is 4.90 Å². The molecule has 0 saturated carbocycles. The van der Waals surface area contributed by atoms with E-state index in [9.17, 15) is 0 Å². The molecule has 1 saturated heterocycles. The molecule has 1 unspecified atom stereocenters. The zero-order valence-electron chi connectivity index (χ0n) is 7.92. The molecule has 0 aromatic carbocycles. The normalized spacial score (nSPS) is 26.5. The van der Waals surface area contributed by atoms with Gasteiger partial charge in [-0.1, -0.05) is 36.4 Å². The standard InChI is InChI=1S/C9H18INO/c1-8(2)9-7-11(4-3-10)5-6-12-9/h8-9H,3-7H2,1-2H3. The highest BCUT2D eigenvalue weighted by Gasteiger charge is 2.21. The lowest BCUT2D eigenvalue weighted by atomic mass is 10.1. The van der Waals surface area contributed by atoms with Gasteiger partial charge in [0.15, 0.2) is 0 Å². The minimum atomic E-state index is 0.460. The van der Waals surface area contributed by atoms with Gasteiger partial charge in [0, 0.05) is 24.1 Å². The van der Waals surface area contributed by atoms with Crippen molar-refractivity contribution in [2.24, 2.45) is 5.92 Å². The quantitative estimate of drug-likeness (QED) is 0.578. The van der Waals surface area contributed by atoms with Crippen LogP contribution >= 0.6 is 22.6 Å². The Morgan fingerprint density at radius 3 is 2.92 bits per heavy atom. The van der Waals surface area contributed by atoms with E-state index in [1.165, 1.54) is 11.0 Å². The van der Waals surface area contributed by atoms with Crippen molar-refractivity contribution in [3.05, 3.63) is 0 Å². The number of morpholine rings is 1. The number of ether oxygens (including phenoxy) is 1. The van der Waals surface area contributed by atoms with E-state index in [4.69, 9.17) is 4.74 Å². The second-order valence-electron chi connectivity index (χ2n) is 3.64. The van der Waals surface area contributed by atoms with Crippen molar-refractivity contribution >= 4 is 22.6 Å². The van der Waals surface area contributed by atoms with E-state index in [2.05, 4.69) is 41.3 Å². The van der Waals surface area contributed by atoms with Crippen LogP contribution in [0.25, 0.3) is 0 Å². The van der Waals surface area contributed by atoms with Crippen LogP contribution in [0.5, 0.6) is 0 Å². The summed E-state index contributed by atoms with van der Waals surface area (Å²) in [6.07, 6.45) is 0.460. The van der Waals surface area contributed by atoms with Crippen molar-refractivity contribution in [2.75, 3.05) is 30.7 Å². The largest absolute Gasteiger partial charge is 0.375 e. The Kier molecular flexibility index (Phi) is 4.82. The van der Waals surface area contributed by atoms with E-state index in [1.54, 1.807) is 0 Å². The smallest absolute Gasteiger partial charge is 0.0725 e. The van der Waals surface area contributed by atoms with Crippen molar-refractivity contribution in [2.45, 2.75) is 20.0 Å².